The lowest BCUT2D eigenvalue weighted by atomic mass is 10.1. The maximum Gasteiger partial charge on any atom is 0.241 e. The van der Waals surface area contributed by atoms with E-state index in [-0.39, 0.29) is 5.91 Å². The van der Waals surface area contributed by atoms with Crippen molar-refractivity contribution in [1.29, 1.82) is 0 Å². The van der Waals surface area contributed by atoms with Crippen LogP contribution in [0.1, 0.15) is 51.4 Å². The minimum Gasteiger partial charge on any atom is -0.372 e. The lowest BCUT2D eigenvalue weighted by Gasteiger charge is -2.28. The highest BCUT2D eigenvalue weighted by atomic mass is 32.2. The van der Waals surface area contributed by atoms with Crippen LogP contribution >= 0.6 is 0 Å². The molecule has 0 atom stereocenters. The number of hydrogen-bond donors (Lipinski definition) is 1. The van der Waals surface area contributed by atoms with Crippen LogP contribution in [0.3, 0.4) is 0 Å². The fourth-order valence-electron chi connectivity index (χ4n) is 3.86. The van der Waals surface area contributed by atoms with Crippen LogP contribution in [-0.2, 0) is 14.8 Å². The van der Waals surface area contributed by atoms with Crippen molar-refractivity contribution in [2.24, 2.45) is 0 Å². The van der Waals surface area contributed by atoms with Crippen molar-refractivity contribution in [3.63, 3.8) is 0 Å². The van der Waals surface area contributed by atoms with Gasteiger partial charge in [0.1, 0.15) is 5.75 Å². The molecule has 0 spiro atoms. The van der Waals surface area contributed by atoms with Crippen molar-refractivity contribution >= 4 is 27.3 Å². The number of piperidine rings is 1. The molecule has 27 heavy (non-hydrogen) atoms. The molecule has 0 aromatic heterocycles. The van der Waals surface area contributed by atoms with E-state index < -0.39 is 15.8 Å². The maximum atomic E-state index is 12.4. The molecule has 1 N–H and O–H groups in total. The molecule has 0 bridgehead atoms. The second-order valence-electron chi connectivity index (χ2n) is 7.60. The first-order chi connectivity index (χ1) is 13.0. The molecule has 1 amide bonds. The molecule has 6 nitrogen and oxygen atoms in total. The fraction of sp³-hybridized carbons (Fsp3) is 0.650. The third-order valence-electron chi connectivity index (χ3n) is 5.38. The molecule has 7 heteroatoms. The Morgan fingerprint density at radius 3 is 1.96 bits per heavy atom. The topological polar surface area (TPSA) is 69.7 Å². The van der Waals surface area contributed by atoms with E-state index in [0.29, 0.717) is 18.8 Å². The molecule has 150 valence electrons. The molecule has 2 saturated heterocycles. The number of anilines is 2. The summed E-state index contributed by atoms with van der Waals surface area (Å²) in [5.74, 6) is -0.782. The van der Waals surface area contributed by atoms with Crippen LogP contribution in [0, 0.1) is 0 Å². The SMILES string of the molecule is O=C(CS(=O)(=O)Nc1ccc(N2CCCCC2)cc1)N1CCCCCCC1. The van der Waals surface area contributed by atoms with E-state index in [1.54, 1.807) is 17.0 Å². The first-order valence-corrected chi connectivity index (χ1v) is 11.8. The minimum atomic E-state index is -3.70. The summed E-state index contributed by atoms with van der Waals surface area (Å²) in [7, 11) is -3.70. The summed E-state index contributed by atoms with van der Waals surface area (Å²) in [6, 6.07) is 7.46. The second-order valence-corrected chi connectivity index (χ2v) is 9.33. The summed E-state index contributed by atoms with van der Waals surface area (Å²) < 4.78 is 27.4. The van der Waals surface area contributed by atoms with Crippen LogP contribution in [-0.4, -0.2) is 51.2 Å². The smallest absolute Gasteiger partial charge is 0.241 e. The van der Waals surface area contributed by atoms with Gasteiger partial charge in [0, 0.05) is 37.6 Å². The Morgan fingerprint density at radius 2 is 1.33 bits per heavy atom. The van der Waals surface area contributed by atoms with Gasteiger partial charge in [-0.2, -0.15) is 0 Å². The largest absolute Gasteiger partial charge is 0.372 e. The summed E-state index contributed by atoms with van der Waals surface area (Å²) >= 11 is 0. The Kier molecular flexibility index (Phi) is 6.99. The number of carbonyl (C=O) groups excluding carboxylic acids is 1. The van der Waals surface area contributed by atoms with Crippen LogP contribution in [0.15, 0.2) is 24.3 Å². The van der Waals surface area contributed by atoms with Crippen LogP contribution in [0.25, 0.3) is 0 Å². The second kappa shape index (κ2) is 9.44. The molecule has 2 aliphatic rings. The van der Waals surface area contributed by atoms with Gasteiger partial charge in [0.2, 0.25) is 15.9 Å². The van der Waals surface area contributed by atoms with Crippen molar-refractivity contribution in [2.45, 2.75) is 51.4 Å². The highest BCUT2D eigenvalue weighted by Gasteiger charge is 2.22. The van der Waals surface area contributed by atoms with Crippen LogP contribution < -0.4 is 9.62 Å². The van der Waals surface area contributed by atoms with Crippen LogP contribution in [0.2, 0.25) is 0 Å². The summed E-state index contributed by atoms with van der Waals surface area (Å²) in [4.78, 5) is 16.5. The Bertz CT molecular complexity index is 704. The van der Waals surface area contributed by atoms with Gasteiger partial charge < -0.3 is 9.80 Å². The average Bonchev–Trinajstić information content (AvgIpc) is 2.62. The molecule has 2 heterocycles. The number of likely N-dealkylation sites (tertiary alicyclic amines) is 1. The molecule has 0 saturated carbocycles. The van der Waals surface area contributed by atoms with Crippen molar-refractivity contribution in [3.8, 4) is 0 Å². The van der Waals surface area contributed by atoms with Gasteiger partial charge in [0.25, 0.3) is 0 Å². The van der Waals surface area contributed by atoms with Gasteiger partial charge in [-0.15, -0.1) is 0 Å². The third-order valence-corrected chi connectivity index (χ3v) is 6.56. The summed E-state index contributed by atoms with van der Waals surface area (Å²) in [5.41, 5.74) is 1.63. The molecule has 0 radical (unpaired) electrons. The standard InChI is InChI=1S/C20H31N3O3S/c24-20(23-15-5-2-1-3-6-16-23)17-27(25,26)21-18-9-11-19(12-10-18)22-13-7-4-8-14-22/h9-12,21H,1-8,13-17H2. The van der Waals surface area contributed by atoms with Gasteiger partial charge in [-0.3, -0.25) is 9.52 Å². The van der Waals surface area contributed by atoms with Crippen molar-refractivity contribution in [2.75, 3.05) is 41.6 Å². The number of benzene rings is 1. The summed E-state index contributed by atoms with van der Waals surface area (Å²) in [6.45, 7) is 3.43. The van der Waals surface area contributed by atoms with Crippen LogP contribution in [0.4, 0.5) is 11.4 Å². The van der Waals surface area contributed by atoms with Crippen molar-refractivity contribution in [3.05, 3.63) is 24.3 Å². The lowest BCUT2D eigenvalue weighted by molar-refractivity contribution is -0.128. The van der Waals surface area contributed by atoms with Crippen LogP contribution in [0.5, 0.6) is 0 Å². The Hall–Kier alpha value is -1.76. The van der Waals surface area contributed by atoms with Gasteiger partial charge in [0.05, 0.1) is 0 Å². The molecular formula is C20H31N3O3S. The van der Waals surface area contributed by atoms with E-state index in [2.05, 4.69) is 9.62 Å². The van der Waals surface area contributed by atoms with Gasteiger partial charge in [-0.05, 0) is 56.4 Å². The lowest BCUT2D eigenvalue weighted by Crippen LogP contribution is -2.39. The number of nitrogens with zero attached hydrogens (tertiary/aromatic N) is 2. The molecule has 1 aromatic rings. The summed E-state index contributed by atoms with van der Waals surface area (Å²) in [5, 5.41) is 0. The first-order valence-electron chi connectivity index (χ1n) is 10.2. The molecule has 2 aliphatic heterocycles. The van der Waals surface area contributed by atoms with E-state index in [0.717, 1.165) is 44.5 Å². The maximum absolute atomic E-state index is 12.4. The molecule has 2 fully saturated rings. The zero-order valence-corrected chi connectivity index (χ0v) is 16.8. The summed E-state index contributed by atoms with van der Waals surface area (Å²) in [6.07, 6.45) is 9.01. The van der Waals surface area contributed by atoms with Gasteiger partial charge in [-0.1, -0.05) is 19.3 Å². The average molecular weight is 394 g/mol. The van der Waals surface area contributed by atoms with E-state index in [9.17, 15) is 13.2 Å². The van der Waals surface area contributed by atoms with Crippen molar-refractivity contribution < 1.29 is 13.2 Å². The Labute approximate surface area is 163 Å². The zero-order valence-electron chi connectivity index (χ0n) is 16.0. The number of sulfonamides is 1. The van der Waals surface area contributed by atoms with Gasteiger partial charge in [-0.25, -0.2) is 8.42 Å². The molecular weight excluding hydrogens is 362 g/mol. The van der Waals surface area contributed by atoms with E-state index in [1.807, 2.05) is 12.1 Å². The van der Waals surface area contributed by atoms with Gasteiger partial charge in [0.15, 0.2) is 0 Å². The fourth-order valence-corrected chi connectivity index (χ4v) is 4.93. The molecule has 3 rings (SSSR count). The predicted molar refractivity (Wildman–Crippen MR) is 110 cm³/mol. The zero-order chi connectivity index (χ0) is 19.1. The highest BCUT2D eigenvalue weighted by Crippen LogP contribution is 2.22. The Morgan fingerprint density at radius 1 is 0.815 bits per heavy atom. The Balaban J connectivity index is 1.56. The quantitative estimate of drug-likeness (QED) is 0.834. The molecule has 0 unspecified atom stereocenters. The van der Waals surface area contributed by atoms with Crippen molar-refractivity contribution in [1.82, 2.24) is 4.90 Å². The monoisotopic (exact) mass is 393 g/mol. The van der Waals surface area contributed by atoms with Gasteiger partial charge >= 0.3 is 0 Å². The first kappa shape index (κ1) is 20.0. The van der Waals surface area contributed by atoms with E-state index in [4.69, 9.17) is 0 Å². The number of rotatable bonds is 5. The molecule has 1 aromatic carbocycles. The number of nitrogens with one attached hydrogen (secondary N) is 1. The highest BCUT2D eigenvalue weighted by molar-refractivity contribution is 7.93. The number of hydrogen-bond acceptors (Lipinski definition) is 4. The third kappa shape index (κ3) is 6.13. The molecule has 0 aliphatic carbocycles. The normalized spacial score (nSPS) is 19.3. The number of amides is 1. The minimum absolute atomic E-state index is 0.297. The van der Waals surface area contributed by atoms with E-state index in [1.165, 1.54) is 25.7 Å². The number of carbonyl (C=O) groups is 1. The predicted octanol–water partition coefficient (Wildman–Crippen LogP) is 3.21. The van der Waals surface area contributed by atoms with E-state index >= 15 is 0 Å².